The molecule has 2 nitrogen and oxygen atoms in total. The van der Waals surface area contributed by atoms with Gasteiger partial charge in [-0.15, -0.1) is 11.8 Å². The lowest BCUT2D eigenvalue weighted by molar-refractivity contribution is 0.535. The van der Waals surface area contributed by atoms with Crippen LogP contribution in [0, 0.1) is 5.92 Å². The van der Waals surface area contributed by atoms with Crippen LogP contribution in [0.2, 0.25) is 0 Å². The Balaban J connectivity index is 1.81. The number of hydrogen-bond donors (Lipinski definition) is 2. The molecule has 2 aromatic rings. The predicted octanol–water partition coefficient (Wildman–Crippen LogP) is 3.39. The molecule has 0 aliphatic heterocycles. The summed E-state index contributed by atoms with van der Waals surface area (Å²) in [7, 11) is 0. The van der Waals surface area contributed by atoms with Crippen molar-refractivity contribution in [2.75, 3.05) is 0 Å². The van der Waals surface area contributed by atoms with Crippen LogP contribution in [-0.4, -0.2) is 16.3 Å². The third-order valence-electron chi connectivity index (χ3n) is 3.83. The molecule has 3 atom stereocenters. The summed E-state index contributed by atoms with van der Waals surface area (Å²) in [6.07, 6.45) is 2.40. The molecule has 1 saturated carbocycles. The van der Waals surface area contributed by atoms with Crippen molar-refractivity contribution in [2.24, 2.45) is 11.7 Å². The quantitative estimate of drug-likeness (QED) is 0.853. The SMILES string of the molecule is CC1C(N)CCC1Sc1cc2ccccc2[nH]1. The first-order valence-electron chi connectivity index (χ1n) is 6.24. The van der Waals surface area contributed by atoms with E-state index in [0.717, 1.165) is 0 Å². The smallest absolute Gasteiger partial charge is 0.0735 e. The normalized spacial score (nSPS) is 28.9. The molecule has 1 aliphatic rings. The number of para-hydroxylation sites is 1. The number of fused-ring (bicyclic) bond motifs is 1. The first-order valence-corrected chi connectivity index (χ1v) is 7.12. The number of nitrogens with one attached hydrogen (secondary N) is 1. The van der Waals surface area contributed by atoms with Gasteiger partial charge in [-0.05, 0) is 30.9 Å². The monoisotopic (exact) mass is 246 g/mol. The van der Waals surface area contributed by atoms with Gasteiger partial charge in [-0.2, -0.15) is 0 Å². The van der Waals surface area contributed by atoms with Gasteiger partial charge in [-0.1, -0.05) is 25.1 Å². The van der Waals surface area contributed by atoms with Crippen LogP contribution in [0.15, 0.2) is 35.4 Å². The van der Waals surface area contributed by atoms with E-state index < -0.39 is 0 Å². The largest absolute Gasteiger partial charge is 0.350 e. The van der Waals surface area contributed by atoms with Gasteiger partial charge in [-0.3, -0.25) is 0 Å². The van der Waals surface area contributed by atoms with Gasteiger partial charge in [0.05, 0.1) is 5.03 Å². The fourth-order valence-corrected chi connectivity index (χ4v) is 3.96. The standard InChI is InChI=1S/C14H18N2S/c1-9-11(15)6-7-13(9)17-14-8-10-4-2-3-5-12(10)16-14/h2-5,8-9,11,13,16H,6-7,15H2,1H3. The number of nitrogens with two attached hydrogens (primary N) is 1. The van der Waals surface area contributed by atoms with E-state index in [9.17, 15) is 0 Å². The molecule has 1 fully saturated rings. The van der Waals surface area contributed by atoms with Crippen LogP contribution in [-0.2, 0) is 0 Å². The van der Waals surface area contributed by atoms with Crippen LogP contribution in [0.4, 0.5) is 0 Å². The van der Waals surface area contributed by atoms with Gasteiger partial charge in [0.2, 0.25) is 0 Å². The second-order valence-corrected chi connectivity index (χ2v) is 6.26. The second-order valence-electron chi connectivity index (χ2n) is 4.98. The van der Waals surface area contributed by atoms with Crippen molar-refractivity contribution < 1.29 is 0 Å². The molecule has 90 valence electrons. The molecule has 1 heterocycles. The van der Waals surface area contributed by atoms with E-state index in [1.54, 1.807) is 0 Å². The van der Waals surface area contributed by atoms with Crippen LogP contribution < -0.4 is 5.73 Å². The molecule has 17 heavy (non-hydrogen) atoms. The molecule has 3 unspecified atom stereocenters. The average molecular weight is 246 g/mol. The number of H-pyrrole nitrogens is 1. The fraction of sp³-hybridized carbons (Fsp3) is 0.429. The molecule has 3 N–H and O–H groups in total. The number of rotatable bonds is 2. The Morgan fingerprint density at radius 2 is 2.12 bits per heavy atom. The van der Waals surface area contributed by atoms with E-state index in [0.29, 0.717) is 17.2 Å². The summed E-state index contributed by atoms with van der Waals surface area (Å²) in [5.74, 6) is 0.617. The van der Waals surface area contributed by atoms with Crippen LogP contribution in [0.25, 0.3) is 10.9 Å². The van der Waals surface area contributed by atoms with Crippen molar-refractivity contribution in [2.45, 2.75) is 36.1 Å². The Kier molecular flexibility index (Phi) is 2.89. The molecular formula is C14H18N2S. The number of aromatic nitrogens is 1. The van der Waals surface area contributed by atoms with Gasteiger partial charge in [-0.25, -0.2) is 0 Å². The zero-order valence-corrected chi connectivity index (χ0v) is 10.8. The van der Waals surface area contributed by atoms with Crippen LogP contribution in [0.5, 0.6) is 0 Å². The summed E-state index contributed by atoms with van der Waals surface area (Å²) in [5, 5.41) is 3.24. The third-order valence-corrected chi connectivity index (χ3v) is 5.27. The molecule has 0 radical (unpaired) electrons. The number of hydrogen-bond acceptors (Lipinski definition) is 2. The van der Waals surface area contributed by atoms with Crippen LogP contribution in [0.3, 0.4) is 0 Å². The minimum absolute atomic E-state index is 0.386. The van der Waals surface area contributed by atoms with Gasteiger partial charge in [0.25, 0.3) is 0 Å². The van der Waals surface area contributed by atoms with Gasteiger partial charge in [0.15, 0.2) is 0 Å². The number of thioether (sulfide) groups is 1. The molecule has 0 bridgehead atoms. The van der Waals surface area contributed by atoms with Crippen molar-refractivity contribution in [3.05, 3.63) is 30.3 Å². The maximum atomic E-state index is 6.07. The molecule has 3 rings (SSSR count). The van der Waals surface area contributed by atoms with Gasteiger partial charge < -0.3 is 10.7 Å². The minimum Gasteiger partial charge on any atom is -0.350 e. The zero-order chi connectivity index (χ0) is 11.8. The highest BCUT2D eigenvalue weighted by molar-refractivity contribution is 7.99. The van der Waals surface area contributed by atoms with Crippen molar-refractivity contribution in [3.8, 4) is 0 Å². The molecule has 3 heteroatoms. The molecule has 0 spiro atoms. The second kappa shape index (κ2) is 4.39. The molecule has 1 aromatic carbocycles. The summed E-state index contributed by atoms with van der Waals surface area (Å²) >= 11 is 1.95. The number of aromatic amines is 1. The highest BCUT2D eigenvalue weighted by Gasteiger charge is 2.31. The predicted molar refractivity (Wildman–Crippen MR) is 74.3 cm³/mol. The van der Waals surface area contributed by atoms with Crippen molar-refractivity contribution >= 4 is 22.7 Å². The summed E-state index contributed by atoms with van der Waals surface area (Å²) in [5.41, 5.74) is 7.30. The average Bonchev–Trinajstić information content (AvgIpc) is 2.87. The van der Waals surface area contributed by atoms with Crippen LogP contribution >= 0.6 is 11.8 Å². The summed E-state index contributed by atoms with van der Waals surface area (Å²) < 4.78 is 0. The summed E-state index contributed by atoms with van der Waals surface area (Å²) in [6.45, 7) is 2.28. The van der Waals surface area contributed by atoms with E-state index in [2.05, 4.69) is 42.2 Å². The molecule has 0 saturated heterocycles. The maximum absolute atomic E-state index is 6.07. The fourth-order valence-electron chi connectivity index (χ4n) is 2.60. The Hall–Kier alpha value is -0.930. The molecular weight excluding hydrogens is 228 g/mol. The van der Waals surface area contributed by atoms with Crippen molar-refractivity contribution in [1.29, 1.82) is 0 Å². The maximum Gasteiger partial charge on any atom is 0.0735 e. The Labute approximate surface area is 106 Å². The van der Waals surface area contributed by atoms with E-state index in [-0.39, 0.29) is 0 Å². The zero-order valence-electron chi connectivity index (χ0n) is 10.0. The lowest BCUT2D eigenvalue weighted by Gasteiger charge is -2.16. The summed E-state index contributed by atoms with van der Waals surface area (Å²) in [4.78, 5) is 3.48. The lowest BCUT2D eigenvalue weighted by atomic mass is 10.1. The van der Waals surface area contributed by atoms with Gasteiger partial charge in [0, 0.05) is 22.2 Å². The Morgan fingerprint density at radius 3 is 2.82 bits per heavy atom. The van der Waals surface area contributed by atoms with E-state index in [4.69, 9.17) is 5.73 Å². The van der Waals surface area contributed by atoms with E-state index in [1.807, 2.05) is 11.8 Å². The van der Waals surface area contributed by atoms with Crippen molar-refractivity contribution in [3.63, 3.8) is 0 Å². The first-order chi connectivity index (χ1) is 8.24. The van der Waals surface area contributed by atoms with Crippen molar-refractivity contribution in [1.82, 2.24) is 4.98 Å². The molecule has 0 amide bonds. The summed E-state index contributed by atoms with van der Waals surface area (Å²) in [6, 6.07) is 11.1. The lowest BCUT2D eigenvalue weighted by Crippen LogP contribution is -2.25. The Morgan fingerprint density at radius 1 is 1.29 bits per heavy atom. The topological polar surface area (TPSA) is 41.8 Å². The Bertz CT molecular complexity index is 487. The number of benzene rings is 1. The highest BCUT2D eigenvalue weighted by Crippen LogP contribution is 2.38. The highest BCUT2D eigenvalue weighted by atomic mass is 32.2. The third kappa shape index (κ3) is 2.09. The molecule has 1 aromatic heterocycles. The molecule has 1 aliphatic carbocycles. The van der Waals surface area contributed by atoms with E-state index >= 15 is 0 Å². The first kappa shape index (κ1) is 11.2. The minimum atomic E-state index is 0.386. The van der Waals surface area contributed by atoms with Crippen LogP contribution in [0.1, 0.15) is 19.8 Å². The van der Waals surface area contributed by atoms with Gasteiger partial charge in [0.1, 0.15) is 0 Å². The van der Waals surface area contributed by atoms with E-state index in [1.165, 1.54) is 28.8 Å². The van der Waals surface area contributed by atoms with Gasteiger partial charge >= 0.3 is 0 Å².